The van der Waals surface area contributed by atoms with Crippen molar-refractivity contribution in [3.63, 3.8) is 0 Å². The van der Waals surface area contributed by atoms with Crippen molar-refractivity contribution in [3.8, 4) is 56.7 Å². The number of rotatable bonds is 6. The first-order valence-electron chi connectivity index (χ1n) is 31.2. The monoisotopic (exact) mass is 829 g/mol. The van der Waals surface area contributed by atoms with E-state index in [4.69, 9.17) is 38.6 Å². The van der Waals surface area contributed by atoms with Crippen LogP contribution in [0.15, 0.2) is 216 Å². The van der Waals surface area contributed by atoms with Crippen LogP contribution in [0.2, 0.25) is 0 Å². The molecule has 0 aliphatic rings. The summed E-state index contributed by atoms with van der Waals surface area (Å²) in [7, 11) is 0. The Hall–Kier alpha value is -8.61. The van der Waals surface area contributed by atoms with Gasteiger partial charge in [0.2, 0.25) is 11.9 Å². The number of hydrogen-bond acceptors (Lipinski definition) is 4. The molecule has 0 aliphatic carbocycles. The molecule has 9 aromatic carbocycles. The van der Waals surface area contributed by atoms with Crippen molar-refractivity contribution >= 4 is 65.6 Å². The summed E-state index contributed by atoms with van der Waals surface area (Å²) in [6, 6.07) is -0.868. The molecule has 13 aromatic rings. The standard InChI is InChI=1S/C57H35N5O/c1-3-15-36(16-4-1)38-27-30-44-42-20-9-12-24-49(42)61(51(44)34-38)56-58-55(47-23-8-7-19-41(47)40-29-32-54-48(33-40)46-22-11-14-26-53(46)63-54)59-57(60-56)62-50-25-13-10-21-43(50)45-31-28-39(35-52(45)62)37-17-5-2-6-18-37/h1-35H/i1D,2D,3D,4D,5D,6D,9D,10D,12D,13D,15D,16D,17D,18D,20D,21D,24D,25D,27D,28D,30D,31D,34D,35D. The summed E-state index contributed by atoms with van der Waals surface area (Å²) in [5.74, 6) is -1.73. The molecule has 0 spiro atoms. The molecule has 0 amide bonds. The third-order valence-electron chi connectivity index (χ3n) is 10.7. The highest BCUT2D eigenvalue weighted by atomic mass is 16.3. The minimum Gasteiger partial charge on any atom is -0.456 e. The highest BCUT2D eigenvalue weighted by molar-refractivity contribution is 6.11. The SMILES string of the molecule is [2H]c1c([2H])c([2H])c(-c2c([2H])c([2H])c3c4c([2H])c([2H])c([2H])c([2H])c4n(-c4nc(-c5ccccc5-c5ccc6oc7ccccc7c6c5)nc(-n5c6c([2H])c([2H])c([2H])c([2H])c6c6c([2H])c([2H])c(-c7c([2H])c([2H])c([2H])c([2H])c7[2H])c([2H])c65)n4)c3c2[2H])c([2H])c1[2H]. The van der Waals surface area contributed by atoms with E-state index in [0.29, 0.717) is 27.7 Å². The average molecular weight is 830 g/mol. The zero-order valence-corrected chi connectivity index (χ0v) is 32.0. The van der Waals surface area contributed by atoms with E-state index in [1.807, 2.05) is 24.3 Å². The zero-order chi connectivity index (χ0) is 62.3. The van der Waals surface area contributed by atoms with E-state index >= 15 is 0 Å². The van der Waals surface area contributed by atoms with Crippen LogP contribution in [0.3, 0.4) is 0 Å². The topological polar surface area (TPSA) is 61.7 Å². The van der Waals surface area contributed by atoms with Crippen molar-refractivity contribution in [1.29, 1.82) is 0 Å². The fourth-order valence-electron chi connectivity index (χ4n) is 7.92. The summed E-state index contributed by atoms with van der Waals surface area (Å²) in [6.45, 7) is 0. The zero-order valence-electron chi connectivity index (χ0n) is 56.0. The summed E-state index contributed by atoms with van der Waals surface area (Å²) >= 11 is 0. The van der Waals surface area contributed by atoms with Crippen LogP contribution in [0.1, 0.15) is 32.9 Å². The van der Waals surface area contributed by atoms with Gasteiger partial charge in [-0.05, 0) is 75.7 Å². The maximum absolute atomic E-state index is 10.0. The highest BCUT2D eigenvalue weighted by Gasteiger charge is 2.23. The van der Waals surface area contributed by atoms with Crippen molar-refractivity contribution in [1.82, 2.24) is 24.1 Å². The van der Waals surface area contributed by atoms with Crippen LogP contribution in [0.5, 0.6) is 0 Å². The quantitative estimate of drug-likeness (QED) is 0.167. The van der Waals surface area contributed by atoms with Crippen LogP contribution in [-0.2, 0) is 0 Å². The molecule has 0 radical (unpaired) electrons. The molecule has 0 fully saturated rings. The van der Waals surface area contributed by atoms with E-state index in [1.165, 1.54) is 0 Å². The van der Waals surface area contributed by atoms with Gasteiger partial charge in [-0.15, -0.1) is 0 Å². The van der Waals surface area contributed by atoms with Gasteiger partial charge in [0.25, 0.3) is 0 Å². The minimum atomic E-state index is -0.872. The summed E-state index contributed by atoms with van der Waals surface area (Å²) < 4.78 is 226. The van der Waals surface area contributed by atoms with Gasteiger partial charge in [-0.2, -0.15) is 15.0 Å². The van der Waals surface area contributed by atoms with Gasteiger partial charge in [-0.25, -0.2) is 0 Å². The molecule has 0 bridgehead atoms. The molecular weight excluding hydrogens is 771 g/mol. The molecule has 13 rings (SSSR count). The third kappa shape index (κ3) is 5.62. The van der Waals surface area contributed by atoms with Crippen LogP contribution >= 0.6 is 0 Å². The Balaban J connectivity index is 1.26. The van der Waals surface area contributed by atoms with Crippen molar-refractivity contribution in [2.24, 2.45) is 0 Å². The molecule has 0 aliphatic heterocycles. The third-order valence-corrected chi connectivity index (χ3v) is 10.7. The van der Waals surface area contributed by atoms with E-state index in [9.17, 15) is 13.7 Å². The Morgan fingerprint density at radius 3 is 1.49 bits per heavy atom. The van der Waals surface area contributed by atoms with E-state index in [1.54, 1.807) is 42.5 Å². The summed E-state index contributed by atoms with van der Waals surface area (Å²) in [5.41, 5.74) is -2.69. The Morgan fingerprint density at radius 1 is 0.365 bits per heavy atom. The normalized spacial score (nSPS) is 17.1. The van der Waals surface area contributed by atoms with Crippen LogP contribution in [0.25, 0.3) is 122 Å². The lowest BCUT2D eigenvalue weighted by Crippen LogP contribution is -2.10. The van der Waals surface area contributed by atoms with Gasteiger partial charge in [0.05, 0.1) is 55.0 Å². The number of fused-ring (bicyclic) bond motifs is 9. The first-order valence-corrected chi connectivity index (χ1v) is 19.2. The lowest BCUT2D eigenvalue weighted by Gasteiger charge is -2.15. The van der Waals surface area contributed by atoms with Gasteiger partial charge in [-0.3, -0.25) is 9.13 Å². The van der Waals surface area contributed by atoms with Crippen molar-refractivity contribution in [2.45, 2.75) is 0 Å². The number of aromatic nitrogens is 5. The number of furan rings is 1. The molecule has 0 saturated heterocycles. The molecule has 0 unspecified atom stereocenters. The smallest absolute Gasteiger partial charge is 0.240 e. The molecular formula is C57H35N5O. The van der Waals surface area contributed by atoms with Crippen LogP contribution in [0.4, 0.5) is 0 Å². The van der Waals surface area contributed by atoms with Crippen molar-refractivity contribution < 1.29 is 37.3 Å². The van der Waals surface area contributed by atoms with Gasteiger partial charge in [0, 0.05) is 37.9 Å². The van der Waals surface area contributed by atoms with Gasteiger partial charge < -0.3 is 4.42 Å². The second kappa shape index (κ2) is 14.0. The maximum Gasteiger partial charge on any atom is 0.240 e. The predicted molar refractivity (Wildman–Crippen MR) is 258 cm³/mol. The van der Waals surface area contributed by atoms with Gasteiger partial charge >= 0.3 is 0 Å². The van der Waals surface area contributed by atoms with Crippen LogP contribution < -0.4 is 0 Å². The Labute approximate surface area is 395 Å². The number of nitrogens with zero attached hydrogens (tertiary/aromatic N) is 5. The molecule has 0 N–H and O–H groups in total. The lowest BCUT2D eigenvalue weighted by atomic mass is 9.97. The minimum absolute atomic E-state index is 0.168. The first-order chi connectivity index (χ1) is 41.2. The van der Waals surface area contributed by atoms with E-state index in [0.717, 1.165) is 14.5 Å². The lowest BCUT2D eigenvalue weighted by molar-refractivity contribution is 0.669. The Bertz CT molecular complexity index is 5060. The fraction of sp³-hybridized carbons (Fsp3) is 0. The average Bonchev–Trinajstić information content (AvgIpc) is 1.59. The molecule has 0 atom stereocenters. The fourth-order valence-corrected chi connectivity index (χ4v) is 7.92. The predicted octanol–water partition coefficient (Wildman–Crippen LogP) is 14.6. The molecule has 4 aromatic heterocycles. The molecule has 63 heavy (non-hydrogen) atoms. The molecule has 294 valence electrons. The number of hydrogen-bond donors (Lipinski definition) is 0. The van der Waals surface area contributed by atoms with Crippen LogP contribution in [0, 0.1) is 0 Å². The second-order valence-corrected chi connectivity index (χ2v) is 14.2. The van der Waals surface area contributed by atoms with Gasteiger partial charge in [-0.1, -0.05) is 169 Å². The molecule has 0 saturated carbocycles. The van der Waals surface area contributed by atoms with Crippen LogP contribution in [-0.4, -0.2) is 24.1 Å². The molecule has 4 heterocycles. The van der Waals surface area contributed by atoms with Gasteiger partial charge in [0.15, 0.2) is 5.82 Å². The molecule has 6 heteroatoms. The summed E-state index contributed by atoms with van der Waals surface area (Å²) in [4.78, 5) is 14.8. The highest BCUT2D eigenvalue weighted by Crippen LogP contribution is 2.40. The largest absolute Gasteiger partial charge is 0.456 e. The summed E-state index contributed by atoms with van der Waals surface area (Å²) in [5, 5.41) is -0.394. The summed E-state index contributed by atoms with van der Waals surface area (Å²) in [6.07, 6.45) is 0. The van der Waals surface area contributed by atoms with Gasteiger partial charge in [0.1, 0.15) is 11.2 Å². The number of benzene rings is 9. The van der Waals surface area contributed by atoms with E-state index < -0.39 is 223 Å². The Kier molecular flexibility index (Phi) is 4.21. The maximum atomic E-state index is 10.0. The van der Waals surface area contributed by atoms with E-state index in [-0.39, 0.29) is 11.4 Å². The molecule has 6 nitrogen and oxygen atoms in total. The van der Waals surface area contributed by atoms with Crippen molar-refractivity contribution in [3.05, 3.63) is 212 Å². The van der Waals surface area contributed by atoms with Crippen molar-refractivity contribution in [2.75, 3.05) is 0 Å². The Morgan fingerprint density at radius 2 is 0.873 bits per heavy atom. The first kappa shape index (κ1) is 19.0. The second-order valence-electron chi connectivity index (χ2n) is 14.2. The van der Waals surface area contributed by atoms with E-state index in [2.05, 4.69) is 0 Å². The number of para-hydroxylation sites is 3.